The van der Waals surface area contributed by atoms with Gasteiger partial charge in [0.05, 0.1) is 0 Å². The molecule has 108 valence electrons. The Kier molecular flexibility index (Phi) is 3.73. The summed E-state index contributed by atoms with van der Waals surface area (Å²) in [5.74, 6) is -2.91. The lowest BCUT2D eigenvalue weighted by Crippen LogP contribution is -2.40. The fourth-order valence-electron chi connectivity index (χ4n) is 3.42. The summed E-state index contributed by atoms with van der Waals surface area (Å²) in [6, 6.07) is 0. The summed E-state index contributed by atoms with van der Waals surface area (Å²) in [6.45, 7) is 0.153. The number of amides is 1. The van der Waals surface area contributed by atoms with Gasteiger partial charge in [-0.1, -0.05) is 6.42 Å². The molecule has 0 bridgehead atoms. The van der Waals surface area contributed by atoms with Gasteiger partial charge in [-0.2, -0.15) is 13.2 Å². The zero-order chi connectivity index (χ0) is 14.2. The van der Waals surface area contributed by atoms with Gasteiger partial charge < -0.3 is 10.0 Å². The van der Waals surface area contributed by atoms with E-state index in [2.05, 4.69) is 0 Å². The number of hydrogen-bond donors (Lipinski definition) is 1. The minimum Gasteiger partial charge on any atom is -0.481 e. The first kappa shape index (κ1) is 14.1. The predicted octanol–water partition coefficient (Wildman–Crippen LogP) is 1.90. The van der Waals surface area contributed by atoms with Crippen molar-refractivity contribution < 1.29 is 27.9 Å². The molecular weight excluding hydrogens is 263 g/mol. The predicted molar refractivity (Wildman–Crippen MR) is 59.2 cm³/mol. The highest BCUT2D eigenvalue weighted by atomic mass is 19.4. The average Bonchev–Trinajstić information content (AvgIpc) is 2.70. The molecule has 2 rings (SSSR count). The summed E-state index contributed by atoms with van der Waals surface area (Å²) in [7, 11) is 0. The Morgan fingerprint density at radius 2 is 1.89 bits per heavy atom. The molecule has 0 spiro atoms. The molecule has 1 aliphatic carbocycles. The molecule has 1 saturated heterocycles. The lowest BCUT2D eigenvalue weighted by Gasteiger charge is -2.31. The standard InChI is InChI=1S/C12H16F3NO3/c13-12(14,15)11(19)16-5-8-3-1-2-7(4-10(17)18)9(8)6-16/h7-9H,1-6H2,(H,17,18). The van der Waals surface area contributed by atoms with Crippen molar-refractivity contribution in [2.24, 2.45) is 17.8 Å². The lowest BCUT2D eigenvalue weighted by atomic mass is 9.72. The van der Waals surface area contributed by atoms with Gasteiger partial charge in [0.15, 0.2) is 0 Å². The van der Waals surface area contributed by atoms with Crippen molar-refractivity contribution in [2.75, 3.05) is 13.1 Å². The average molecular weight is 279 g/mol. The molecule has 3 atom stereocenters. The highest BCUT2D eigenvalue weighted by molar-refractivity contribution is 5.82. The fourth-order valence-corrected chi connectivity index (χ4v) is 3.42. The number of aliphatic carboxylic acids is 1. The third kappa shape index (κ3) is 3.01. The van der Waals surface area contributed by atoms with E-state index in [0.717, 1.165) is 24.2 Å². The summed E-state index contributed by atoms with van der Waals surface area (Å²) in [5, 5.41) is 8.83. The molecule has 1 heterocycles. The van der Waals surface area contributed by atoms with E-state index in [-0.39, 0.29) is 37.3 Å². The zero-order valence-electron chi connectivity index (χ0n) is 10.3. The molecule has 0 radical (unpaired) electrons. The van der Waals surface area contributed by atoms with Crippen LogP contribution in [0.25, 0.3) is 0 Å². The smallest absolute Gasteiger partial charge is 0.471 e. The third-order valence-electron chi connectivity index (χ3n) is 4.21. The van der Waals surface area contributed by atoms with Gasteiger partial charge in [-0.15, -0.1) is 0 Å². The van der Waals surface area contributed by atoms with E-state index in [1.54, 1.807) is 0 Å². The number of likely N-dealkylation sites (tertiary alicyclic amines) is 1. The number of carbonyl (C=O) groups is 2. The van der Waals surface area contributed by atoms with Gasteiger partial charge >= 0.3 is 18.1 Å². The molecule has 2 aliphatic rings. The number of carboxylic acids is 1. The number of alkyl halides is 3. The van der Waals surface area contributed by atoms with E-state index in [0.29, 0.717) is 0 Å². The van der Waals surface area contributed by atoms with Crippen molar-refractivity contribution in [3.8, 4) is 0 Å². The number of fused-ring (bicyclic) bond motifs is 1. The second-order valence-corrected chi connectivity index (χ2v) is 5.42. The van der Waals surface area contributed by atoms with Crippen molar-refractivity contribution in [2.45, 2.75) is 31.9 Å². The number of carboxylic acid groups (broad SMARTS) is 1. The van der Waals surface area contributed by atoms with Gasteiger partial charge in [0.1, 0.15) is 0 Å². The number of rotatable bonds is 2. The quantitative estimate of drug-likeness (QED) is 0.840. The van der Waals surface area contributed by atoms with Crippen LogP contribution >= 0.6 is 0 Å². The summed E-state index contributed by atoms with van der Waals surface area (Å²) >= 11 is 0. The van der Waals surface area contributed by atoms with E-state index in [1.807, 2.05) is 0 Å². The first-order valence-electron chi connectivity index (χ1n) is 6.37. The molecule has 1 amide bonds. The molecule has 3 unspecified atom stereocenters. The topological polar surface area (TPSA) is 57.6 Å². The largest absolute Gasteiger partial charge is 0.481 e. The monoisotopic (exact) mass is 279 g/mol. The van der Waals surface area contributed by atoms with Crippen LogP contribution in [0.3, 0.4) is 0 Å². The van der Waals surface area contributed by atoms with Crippen LogP contribution in [0.1, 0.15) is 25.7 Å². The second kappa shape index (κ2) is 5.02. The van der Waals surface area contributed by atoms with Crippen LogP contribution in [0, 0.1) is 17.8 Å². The molecule has 0 aromatic rings. The Balaban J connectivity index is 2.05. The molecule has 1 N–H and O–H groups in total. The number of nitrogens with zero attached hydrogens (tertiary/aromatic N) is 1. The number of carbonyl (C=O) groups excluding carboxylic acids is 1. The Labute approximate surface area is 108 Å². The van der Waals surface area contributed by atoms with Gasteiger partial charge in [0, 0.05) is 19.5 Å². The van der Waals surface area contributed by atoms with E-state index < -0.39 is 18.1 Å². The maximum atomic E-state index is 12.4. The summed E-state index contributed by atoms with van der Waals surface area (Å²) in [5.41, 5.74) is 0. The molecule has 2 fully saturated rings. The molecule has 4 nitrogen and oxygen atoms in total. The van der Waals surface area contributed by atoms with Crippen molar-refractivity contribution in [3.05, 3.63) is 0 Å². The van der Waals surface area contributed by atoms with Crippen LogP contribution in [-0.2, 0) is 9.59 Å². The molecule has 19 heavy (non-hydrogen) atoms. The van der Waals surface area contributed by atoms with Crippen molar-refractivity contribution in [1.29, 1.82) is 0 Å². The third-order valence-corrected chi connectivity index (χ3v) is 4.21. The number of halogens is 3. The molecular formula is C12H16F3NO3. The van der Waals surface area contributed by atoms with Gasteiger partial charge in [-0.3, -0.25) is 9.59 Å². The molecule has 1 aliphatic heterocycles. The normalized spacial score (nSPS) is 31.1. The Bertz CT molecular complexity index is 383. The lowest BCUT2D eigenvalue weighted by molar-refractivity contribution is -0.184. The van der Waals surface area contributed by atoms with Crippen LogP contribution in [0.5, 0.6) is 0 Å². The van der Waals surface area contributed by atoms with E-state index in [4.69, 9.17) is 5.11 Å². The molecule has 1 saturated carbocycles. The Morgan fingerprint density at radius 1 is 1.21 bits per heavy atom. The molecule has 0 aromatic carbocycles. The van der Waals surface area contributed by atoms with E-state index in [1.165, 1.54) is 0 Å². The van der Waals surface area contributed by atoms with Crippen LogP contribution in [0.4, 0.5) is 13.2 Å². The zero-order valence-corrected chi connectivity index (χ0v) is 10.3. The first-order chi connectivity index (χ1) is 8.79. The first-order valence-corrected chi connectivity index (χ1v) is 6.37. The van der Waals surface area contributed by atoms with Gasteiger partial charge in [0.2, 0.25) is 0 Å². The molecule has 7 heteroatoms. The summed E-state index contributed by atoms with van der Waals surface area (Å²) < 4.78 is 37.2. The van der Waals surface area contributed by atoms with Gasteiger partial charge in [-0.25, -0.2) is 0 Å². The highest BCUT2D eigenvalue weighted by Crippen LogP contribution is 2.42. The van der Waals surface area contributed by atoms with Crippen LogP contribution in [-0.4, -0.2) is 41.1 Å². The summed E-state index contributed by atoms with van der Waals surface area (Å²) in [6.07, 6.45) is -2.53. The van der Waals surface area contributed by atoms with Crippen LogP contribution < -0.4 is 0 Å². The minimum absolute atomic E-state index is 0.0180. The number of hydrogen-bond acceptors (Lipinski definition) is 2. The SMILES string of the molecule is O=C(O)CC1CCCC2CN(C(=O)C(F)(F)F)CC12. The van der Waals surface area contributed by atoms with Crippen molar-refractivity contribution in [3.63, 3.8) is 0 Å². The Hall–Kier alpha value is -1.27. The second-order valence-electron chi connectivity index (χ2n) is 5.42. The van der Waals surface area contributed by atoms with Crippen molar-refractivity contribution >= 4 is 11.9 Å². The van der Waals surface area contributed by atoms with Crippen molar-refractivity contribution in [1.82, 2.24) is 4.90 Å². The molecule has 0 aromatic heterocycles. The van der Waals surface area contributed by atoms with E-state index in [9.17, 15) is 22.8 Å². The van der Waals surface area contributed by atoms with Gasteiger partial charge in [-0.05, 0) is 30.6 Å². The minimum atomic E-state index is -4.84. The highest BCUT2D eigenvalue weighted by Gasteiger charge is 2.49. The maximum absolute atomic E-state index is 12.4. The maximum Gasteiger partial charge on any atom is 0.471 e. The van der Waals surface area contributed by atoms with E-state index >= 15 is 0 Å². The fraction of sp³-hybridized carbons (Fsp3) is 0.833. The van der Waals surface area contributed by atoms with Gasteiger partial charge in [0.25, 0.3) is 0 Å². The summed E-state index contributed by atoms with van der Waals surface area (Å²) in [4.78, 5) is 22.8. The van der Waals surface area contributed by atoms with Crippen LogP contribution in [0.15, 0.2) is 0 Å². The van der Waals surface area contributed by atoms with Crippen LogP contribution in [0.2, 0.25) is 0 Å². The Morgan fingerprint density at radius 3 is 2.47 bits per heavy atom.